The van der Waals surface area contributed by atoms with Crippen molar-refractivity contribution >= 4 is 22.9 Å². The van der Waals surface area contributed by atoms with Gasteiger partial charge in [0.05, 0.1) is 4.34 Å². The molecule has 1 fully saturated rings. The van der Waals surface area contributed by atoms with Crippen LogP contribution in [0.15, 0.2) is 36.4 Å². The van der Waals surface area contributed by atoms with Crippen LogP contribution < -0.4 is 5.32 Å². The Morgan fingerprint density at radius 1 is 1.32 bits per heavy atom. The third-order valence-corrected chi connectivity index (χ3v) is 5.63. The van der Waals surface area contributed by atoms with Crippen LogP contribution in [0, 0.1) is 12.8 Å². The van der Waals surface area contributed by atoms with E-state index in [9.17, 15) is 0 Å². The zero-order chi connectivity index (χ0) is 13.4. The highest BCUT2D eigenvalue weighted by Crippen LogP contribution is 2.55. The molecular formula is C16H18ClNS. The Balaban J connectivity index is 1.78. The summed E-state index contributed by atoms with van der Waals surface area (Å²) < 4.78 is 0.923. The van der Waals surface area contributed by atoms with Crippen LogP contribution in [0.5, 0.6) is 0 Å². The Hall–Kier alpha value is -0.830. The molecule has 1 aromatic carbocycles. The van der Waals surface area contributed by atoms with Gasteiger partial charge in [-0.15, -0.1) is 11.3 Å². The van der Waals surface area contributed by atoms with Crippen LogP contribution in [-0.2, 0) is 0 Å². The first-order valence-corrected chi connectivity index (χ1v) is 7.88. The average molecular weight is 292 g/mol. The summed E-state index contributed by atoms with van der Waals surface area (Å²) >= 11 is 7.92. The topological polar surface area (TPSA) is 12.0 Å². The van der Waals surface area contributed by atoms with Crippen molar-refractivity contribution in [3.8, 4) is 0 Å². The fourth-order valence-electron chi connectivity index (χ4n) is 2.87. The molecule has 0 bridgehead atoms. The monoisotopic (exact) mass is 291 g/mol. The van der Waals surface area contributed by atoms with Gasteiger partial charge in [0.1, 0.15) is 0 Å². The van der Waals surface area contributed by atoms with E-state index in [1.165, 1.54) is 22.4 Å². The number of hydrogen-bond donors (Lipinski definition) is 1. The van der Waals surface area contributed by atoms with Crippen molar-refractivity contribution in [2.45, 2.75) is 25.3 Å². The molecule has 3 atom stereocenters. The number of benzene rings is 1. The Bertz CT molecular complexity index is 544. The van der Waals surface area contributed by atoms with E-state index < -0.39 is 0 Å². The van der Waals surface area contributed by atoms with Crippen molar-refractivity contribution in [2.75, 3.05) is 7.05 Å². The highest BCUT2D eigenvalue weighted by Gasteiger charge is 2.44. The van der Waals surface area contributed by atoms with Crippen LogP contribution in [0.3, 0.4) is 0 Å². The molecule has 1 aliphatic rings. The van der Waals surface area contributed by atoms with Gasteiger partial charge in [-0.1, -0.05) is 41.9 Å². The molecule has 1 aromatic heterocycles. The van der Waals surface area contributed by atoms with Crippen LogP contribution >= 0.6 is 22.9 Å². The van der Waals surface area contributed by atoms with E-state index in [-0.39, 0.29) is 0 Å². The van der Waals surface area contributed by atoms with Crippen molar-refractivity contribution in [3.05, 3.63) is 56.7 Å². The normalized spacial score (nSPS) is 23.3. The minimum absolute atomic E-state index is 0.432. The van der Waals surface area contributed by atoms with Crippen LogP contribution in [0.2, 0.25) is 4.34 Å². The molecule has 0 spiro atoms. The van der Waals surface area contributed by atoms with Gasteiger partial charge >= 0.3 is 0 Å². The predicted molar refractivity (Wildman–Crippen MR) is 83.2 cm³/mol. The molecule has 1 N–H and O–H groups in total. The molecule has 100 valence electrons. The maximum atomic E-state index is 6.20. The van der Waals surface area contributed by atoms with Crippen molar-refractivity contribution in [1.82, 2.24) is 5.32 Å². The lowest BCUT2D eigenvalue weighted by Crippen LogP contribution is -2.17. The van der Waals surface area contributed by atoms with Crippen molar-refractivity contribution in [1.29, 1.82) is 0 Å². The summed E-state index contributed by atoms with van der Waals surface area (Å²) in [5, 5.41) is 3.47. The minimum Gasteiger partial charge on any atom is -0.312 e. The Morgan fingerprint density at radius 3 is 2.63 bits per heavy atom. The quantitative estimate of drug-likeness (QED) is 0.855. The van der Waals surface area contributed by atoms with Crippen LogP contribution in [0.4, 0.5) is 0 Å². The zero-order valence-corrected chi connectivity index (χ0v) is 12.8. The fraction of sp³-hybridized carbons (Fsp3) is 0.375. The van der Waals surface area contributed by atoms with Gasteiger partial charge < -0.3 is 5.32 Å². The van der Waals surface area contributed by atoms with Gasteiger partial charge in [-0.25, -0.2) is 0 Å². The second kappa shape index (κ2) is 5.28. The summed E-state index contributed by atoms with van der Waals surface area (Å²) in [7, 11) is 2.05. The molecule has 0 aliphatic heterocycles. The number of hydrogen-bond acceptors (Lipinski definition) is 2. The number of thiophene rings is 1. The molecule has 3 unspecified atom stereocenters. The maximum absolute atomic E-state index is 6.20. The van der Waals surface area contributed by atoms with Gasteiger partial charge in [-0.05, 0) is 49.4 Å². The van der Waals surface area contributed by atoms with E-state index in [4.69, 9.17) is 11.6 Å². The van der Waals surface area contributed by atoms with Gasteiger partial charge in [-0.3, -0.25) is 0 Å². The summed E-state index contributed by atoms with van der Waals surface area (Å²) in [5.74, 6) is 1.39. The SMILES string of the molecule is CNC(c1cc(C)c(Cl)s1)C1CC1c1ccccc1. The predicted octanol–water partition coefficient (Wildman–Crippen LogP) is 4.77. The van der Waals surface area contributed by atoms with E-state index in [2.05, 4.69) is 48.6 Å². The van der Waals surface area contributed by atoms with Crippen LogP contribution in [0.1, 0.15) is 34.4 Å². The van der Waals surface area contributed by atoms with Crippen LogP contribution in [0.25, 0.3) is 0 Å². The summed E-state index contributed by atoms with van der Waals surface area (Å²) in [6.07, 6.45) is 1.27. The second-order valence-corrected chi connectivity index (χ2v) is 6.97. The summed E-state index contributed by atoms with van der Waals surface area (Å²) in [6, 6.07) is 13.5. The lowest BCUT2D eigenvalue weighted by molar-refractivity contribution is 0.526. The smallest absolute Gasteiger partial charge is 0.0960 e. The molecule has 19 heavy (non-hydrogen) atoms. The van der Waals surface area contributed by atoms with Crippen molar-refractivity contribution < 1.29 is 0 Å². The van der Waals surface area contributed by atoms with Gasteiger partial charge in [-0.2, -0.15) is 0 Å². The molecule has 1 nitrogen and oxygen atoms in total. The molecule has 0 radical (unpaired) electrons. The largest absolute Gasteiger partial charge is 0.312 e. The van der Waals surface area contributed by atoms with E-state index in [0.29, 0.717) is 17.9 Å². The Kier molecular flexibility index (Phi) is 3.66. The van der Waals surface area contributed by atoms with Crippen LogP contribution in [-0.4, -0.2) is 7.05 Å². The van der Waals surface area contributed by atoms with E-state index in [1.54, 1.807) is 11.3 Å². The maximum Gasteiger partial charge on any atom is 0.0960 e. The number of aryl methyl sites for hydroxylation is 1. The Morgan fingerprint density at radius 2 is 2.05 bits per heavy atom. The van der Waals surface area contributed by atoms with E-state index in [1.807, 2.05) is 7.05 Å². The highest BCUT2D eigenvalue weighted by atomic mass is 35.5. The molecular weight excluding hydrogens is 274 g/mol. The van der Waals surface area contributed by atoms with Gasteiger partial charge in [0.15, 0.2) is 0 Å². The van der Waals surface area contributed by atoms with E-state index >= 15 is 0 Å². The van der Waals surface area contributed by atoms with Crippen molar-refractivity contribution in [3.63, 3.8) is 0 Å². The number of nitrogens with one attached hydrogen (secondary N) is 1. The first-order chi connectivity index (χ1) is 9.20. The van der Waals surface area contributed by atoms with Gasteiger partial charge in [0.25, 0.3) is 0 Å². The molecule has 1 aliphatic carbocycles. The third kappa shape index (κ3) is 2.58. The lowest BCUT2D eigenvalue weighted by atomic mass is 10.0. The van der Waals surface area contributed by atoms with Crippen molar-refractivity contribution in [2.24, 2.45) is 5.92 Å². The first-order valence-electron chi connectivity index (χ1n) is 6.68. The first kappa shape index (κ1) is 13.2. The van der Waals surface area contributed by atoms with E-state index in [0.717, 1.165) is 4.34 Å². The zero-order valence-electron chi connectivity index (χ0n) is 11.2. The molecule has 1 saturated carbocycles. The molecule has 0 saturated heterocycles. The molecule has 2 aromatic rings. The second-order valence-electron chi connectivity index (χ2n) is 5.29. The highest BCUT2D eigenvalue weighted by molar-refractivity contribution is 7.16. The summed E-state index contributed by atoms with van der Waals surface area (Å²) in [5.41, 5.74) is 2.66. The summed E-state index contributed by atoms with van der Waals surface area (Å²) in [4.78, 5) is 1.37. The van der Waals surface area contributed by atoms with Gasteiger partial charge in [0.2, 0.25) is 0 Å². The summed E-state index contributed by atoms with van der Waals surface area (Å²) in [6.45, 7) is 2.08. The average Bonchev–Trinajstić information content (AvgIpc) is 3.13. The molecule has 0 amide bonds. The molecule has 3 rings (SSSR count). The molecule has 1 heterocycles. The lowest BCUT2D eigenvalue weighted by Gasteiger charge is -2.14. The third-order valence-electron chi connectivity index (χ3n) is 3.99. The fourth-order valence-corrected chi connectivity index (χ4v) is 4.27. The standard InChI is InChI=1S/C16H18ClNS/c1-10-8-14(19-16(10)17)15(18-2)13-9-12(13)11-6-4-3-5-7-11/h3-8,12-13,15,18H,9H2,1-2H3. The minimum atomic E-state index is 0.432. The Labute approximate surface area is 123 Å². The number of halogens is 1. The molecule has 3 heteroatoms. The number of rotatable bonds is 4. The van der Waals surface area contributed by atoms with Gasteiger partial charge in [0, 0.05) is 10.9 Å².